The number of thiazole rings is 1. The van der Waals surface area contributed by atoms with Gasteiger partial charge in [0.1, 0.15) is 5.75 Å². The zero-order valence-corrected chi connectivity index (χ0v) is 14.5. The van der Waals surface area contributed by atoms with Crippen molar-refractivity contribution in [2.24, 2.45) is 0 Å². The van der Waals surface area contributed by atoms with Crippen molar-refractivity contribution in [2.45, 2.75) is 40.0 Å². The monoisotopic (exact) mass is 318 g/mol. The van der Waals surface area contributed by atoms with Gasteiger partial charge in [0.2, 0.25) is 0 Å². The van der Waals surface area contributed by atoms with Gasteiger partial charge in [0.15, 0.2) is 11.7 Å². The van der Waals surface area contributed by atoms with Gasteiger partial charge in [0.25, 0.3) is 5.91 Å². The third-order valence-electron chi connectivity index (χ3n) is 3.21. The Balaban J connectivity index is 1.92. The third kappa shape index (κ3) is 4.31. The van der Waals surface area contributed by atoms with Crippen LogP contribution in [0.2, 0.25) is 0 Å². The smallest absolute Gasteiger partial charge is 0.264 e. The van der Waals surface area contributed by atoms with Crippen molar-refractivity contribution in [2.75, 3.05) is 11.9 Å². The molecule has 0 atom stereocenters. The van der Waals surface area contributed by atoms with Crippen LogP contribution in [0.1, 0.15) is 37.6 Å². The fraction of sp³-hybridized carbons (Fsp3) is 0.412. The van der Waals surface area contributed by atoms with Crippen LogP contribution in [0.5, 0.6) is 5.75 Å². The maximum atomic E-state index is 12.0. The van der Waals surface area contributed by atoms with Gasteiger partial charge in [-0.05, 0) is 25.5 Å². The van der Waals surface area contributed by atoms with E-state index in [1.807, 2.05) is 37.4 Å². The van der Waals surface area contributed by atoms with Crippen molar-refractivity contribution < 1.29 is 9.53 Å². The summed E-state index contributed by atoms with van der Waals surface area (Å²) in [5.41, 5.74) is 3.15. The van der Waals surface area contributed by atoms with Crippen LogP contribution >= 0.6 is 11.3 Å². The lowest BCUT2D eigenvalue weighted by molar-refractivity contribution is -0.118. The molecule has 4 nitrogen and oxygen atoms in total. The van der Waals surface area contributed by atoms with E-state index >= 15 is 0 Å². The molecule has 0 fully saturated rings. The Morgan fingerprint density at radius 2 is 2.05 bits per heavy atom. The number of amides is 1. The number of aryl methyl sites for hydroxylation is 2. The van der Waals surface area contributed by atoms with E-state index in [9.17, 15) is 4.79 Å². The van der Waals surface area contributed by atoms with Gasteiger partial charge >= 0.3 is 0 Å². The van der Waals surface area contributed by atoms with Gasteiger partial charge in [-0.15, -0.1) is 11.3 Å². The summed E-state index contributed by atoms with van der Waals surface area (Å²) in [6.07, 6.45) is 0. The summed E-state index contributed by atoms with van der Waals surface area (Å²) in [5.74, 6) is 0.532. The second kappa shape index (κ2) is 6.48. The molecule has 0 aliphatic heterocycles. The fourth-order valence-corrected chi connectivity index (χ4v) is 2.89. The zero-order chi connectivity index (χ0) is 16.3. The molecule has 1 amide bonds. The van der Waals surface area contributed by atoms with E-state index in [1.165, 1.54) is 16.9 Å². The predicted molar refractivity (Wildman–Crippen MR) is 90.9 cm³/mol. The van der Waals surface area contributed by atoms with Crippen molar-refractivity contribution >= 4 is 22.4 Å². The van der Waals surface area contributed by atoms with Crippen molar-refractivity contribution in [3.8, 4) is 5.75 Å². The molecular formula is C17H22N2O2S. The van der Waals surface area contributed by atoms with Crippen molar-refractivity contribution in [3.05, 3.63) is 40.4 Å². The highest BCUT2D eigenvalue weighted by Crippen LogP contribution is 2.26. The van der Waals surface area contributed by atoms with Gasteiger partial charge in [-0.2, -0.15) is 0 Å². The van der Waals surface area contributed by atoms with Crippen molar-refractivity contribution in [1.82, 2.24) is 4.98 Å². The lowest BCUT2D eigenvalue weighted by atomic mass is 9.93. The normalized spacial score (nSPS) is 11.3. The van der Waals surface area contributed by atoms with E-state index in [2.05, 4.69) is 31.1 Å². The summed E-state index contributed by atoms with van der Waals surface area (Å²) in [5, 5.41) is 5.36. The average molecular weight is 318 g/mol. The number of hydrogen-bond acceptors (Lipinski definition) is 4. The molecule has 0 bridgehead atoms. The van der Waals surface area contributed by atoms with Gasteiger partial charge < -0.3 is 4.74 Å². The molecule has 1 aromatic heterocycles. The minimum Gasteiger partial charge on any atom is -0.483 e. The van der Waals surface area contributed by atoms with Crippen LogP contribution in [0.4, 0.5) is 5.13 Å². The Kier molecular flexibility index (Phi) is 4.86. The first-order valence-corrected chi connectivity index (χ1v) is 8.09. The summed E-state index contributed by atoms with van der Waals surface area (Å²) in [7, 11) is 0. The molecular weight excluding hydrogens is 296 g/mol. The largest absolute Gasteiger partial charge is 0.483 e. The number of rotatable bonds is 4. The third-order valence-corrected chi connectivity index (χ3v) is 3.97. The minimum absolute atomic E-state index is 0.0189. The number of aromatic nitrogens is 1. The molecule has 0 aliphatic rings. The molecule has 2 aromatic rings. The molecule has 0 radical (unpaired) electrons. The summed E-state index contributed by atoms with van der Waals surface area (Å²) in [6.45, 7) is 10.3. The zero-order valence-electron chi connectivity index (χ0n) is 13.7. The first kappa shape index (κ1) is 16.5. The van der Waals surface area contributed by atoms with Crippen LogP contribution < -0.4 is 10.1 Å². The number of anilines is 1. The van der Waals surface area contributed by atoms with Gasteiger partial charge in [0, 0.05) is 10.8 Å². The molecule has 2 rings (SSSR count). The highest BCUT2D eigenvalue weighted by Gasteiger charge is 2.18. The van der Waals surface area contributed by atoms with E-state index in [-0.39, 0.29) is 17.9 Å². The van der Waals surface area contributed by atoms with E-state index in [0.717, 1.165) is 17.0 Å². The molecule has 0 saturated carbocycles. The summed E-state index contributed by atoms with van der Waals surface area (Å²) >= 11 is 1.43. The second-order valence-corrected chi connectivity index (χ2v) is 7.25. The van der Waals surface area contributed by atoms with Crippen molar-refractivity contribution in [3.63, 3.8) is 0 Å². The summed E-state index contributed by atoms with van der Waals surface area (Å²) in [6, 6.07) is 5.89. The topological polar surface area (TPSA) is 51.2 Å². The first-order valence-electron chi connectivity index (χ1n) is 7.21. The van der Waals surface area contributed by atoms with Crippen LogP contribution in [-0.2, 0) is 10.2 Å². The van der Waals surface area contributed by atoms with Gasteiger partial charge in [-0.1, -0.05) is 38.5 Å². The fourth-order valence-electron chi connectivity index (χ4n) is 1.94. The first-order chi connectivity index (χ1) is 10.3. The van der Waals surface area contributed by atoms with Crippen LogP contribution in [-0.4, -0.2) is 17.5 Å². The quantitative estimate of drug-likeness (QED) is 0.924. The summed E-state index contributed by atoms with van der Waals surface area (Å²) < 4.78 is 5.56. The minimum atomic E-state index is -0.199. The Labute approximate surface area is 135 Å². The molecule has 1 heterocycles. The number of benzene rings is 1. The summed E-state index contributed by atoms with van der Waals surface area (Å²) in [4.78, 5) is 16.4. The number of hydrogen-bond donors (Lipinski definition) is 1. The molecule has 22 heavy (non-hydrogen) atoms. The van der Waals surface area contributed by atoms with E-state index in [1.54, 1.807) is 0 Å². The SMILES string of the molecule is Cc1ccc(OCC(=O)Nc2nc(C(C)(C)C)cs2)c(C)c1. The van der Waals surface area contributed by atoms with E-state index in [0.29, 0.717) is 5.13 Å². The number of carbonyl (C=O) groups excluding carboxylic acids is 1. The van der Waals surface area contributed by atoms with Crippen LogP contribution in [0.3, 0.4) is 0 Å². The number of carbonyl (C=O) groups is 1. The second-order valence-electron chi connectivity index (χ2n) is 6.39. The number of ether oxygens (including phenoxy) is 1. The number of nitrogens with zero attached hydrogens (tertiary/aromatic N) is 1. The molecule has 1 aromatic carbocycles. The average Bonchev–Trinajstić information content (AvgIpc) is 2.86. The molecule has 1 N–H and O–H groups in total. The Bertz CT molecular complexity index is 672. The van der Waals surface area contributed by atoms with Crippen LogP contribution in [0.25, 0.3) is 0 Å². The predicted octanol–water partition coefficient (Wildman–Crippen LogP) is 4.07. The Morgan fingerprint density at radius 3 is 2.64 bits per heavy atom. The van der Waals surface area contributed by atoms with Gasteiger partial charge in [-0.25, -0.2) is 4.98 Å². The molecule has 0 unspecified atom stereocenters. The van der Waals surface area contributed by atoms with Crippen LogP contribution in [0, 0.1) is 13.8 Å². The molecule has 0 spiro atoms. The molecule has 0 saturated heterocycles. The van der Waals surface area contributed by atoms with Crippen molar-refractivity contribution in [1.29, 1.82) is 0 Å². The Morgan fingerprint density at radius 1 is 1.32 bits per heavy atom. The Hall–Kier alpha value is -1.88. The maximum Gasteiger partial charge on any atom is 0.264 e. The van der Waals surface area contributed by atoms with E-state index < -0.39 is 0 Å². The lowest BCUT2D eigenvalue weighted by Gasteiger charge is -2.14. The highest BCUT2D eigenvalue weighted by atomic mass is 32.1. The number of nitrogens with one attached hydrogen (secondary N) is 1. The molecule has 0 aliphatic carbocycles. The van der Waals surface area contributed by atoms with Gasteiger partial charge in [0.05, 0.1) is 5.69 Å². The molecule has 5 heteroatoms. The van der Waals surface area contributed by atoms with Crippen LogP contribution in [0.15, 0.2) is 23.6 Å². The van der Waals surface area contributed by atoms with Gasteiger partial charge in [-0.3, -0.25) is 10.1 Å². The highest BCUT2D eigenvalue weighted by molar-refractivity contribution is 7.13. The standard InChI is InChI=1S/C17H22N2O2S/c1-11-6-7-13(12(2)8-11)21-9-15(20)19-16-18-14(10-22-16)17(3,4)5/h6-8,10H,9H2,1-5H3,(H,18,19,20). The van der Waals surface area contributed by atoms with E-state index in [4.69, 9.17) is 4.74 Å². The lowest BCUT2D eigenvalue weighted by Crippen LogP contribution is -2.20. The maximum absolute atomic E-state index is 12.0. The molecule has 118 valence electrons.